The Hall–Kier alpha value is -1.80. The Morgan fingerprint density at radius 1 is 1.09 bits per heavy atom. The molecular weight excluding hydrogens is 491 g/mol. The molecule has 0 spiro atoms. The molecule has 2 bridgehead atoms. The van der Waals surface area contributed by atoms with Gasteiger partial charge in [0.15, 0.2) is 5.11 Å². The van der Waals surface area contributed by atoms with E-state index in [-0.39, 0.29) is 23.3 Å². The second kappa shape index (κ2) is 9.21. The molecule has 0 saturated carbocycles. The molecule has 170 valence electrons. The molecule has 0 aliphatic carbocycles. The first-order valence-corrected chi connectivity index (χ1v) is 11.9. The normalized spacial score (nSPS) is 20.8. The Kier molecular flexibility index (Phi) is 6.73. The van der Waals surface area contributed by atoms with Crippen LogP contribution < -0.4 is 16.2 Å². The minimum atomic E-state index is -1.83. The highest BCUT2D eigenvalue weighted by Gasteiger charge is 2.39. The maximum Gasteiger partial charge on any atom is 0.253 e. The Morgan fingerprint density at radius 3 is 2.56 bits per heavy atom. The molecule has 1 fully saturated rings. The van der Waals surface area contributed by atoms with Gasteiger partial charge >= 0.3 is 0 Å². The number of amides is 1. The molecule has 2 N–H and O–H groups in total. The number of hydrogen-bond acceptors (Lipinski definition) is 3. The molecule has 3 atom stereocenters. The van der Waals surface area contributed by atoms with E-state index in [2.05, 4.69) is 10.6 Å². The van der Waals surface area contributed by atoms with Crippen molar-refractivity contribution >= 4 is 58.0 Å². The molecular formula is C22H23Cl3N4O2S. The fraction of sp³-hybridized carbons (Fsp3) is 0.409. The van der Waals surface area contributed by atoms with Crippen LogP contribution in [0.25, 0.3) is 0 Å². The molecule has 2 aromatic rings. The van der Waals surface area contributed by atoms with Crippen LogP contribution in [0.4, 0.5) is 0 Å². The van der Waals surface area contributed by atoms with E-state index in [4.69, 9.17) is 47.0 Å². The fourth-order valence-electron chi connectivity index (χ4n) is 4.51. The molecule has 1 saturated heterocycles. The van der Waals surface area contributed by atoms with Crippen molar-refractivity contribution in [1.82, 2.24) is 20.1 Å². The Labute approximate surface area is 206 Å². The summed E-state index contributed by atoms with van der Waals surface area (Å²) >= 11 is 24.1. The zero-order chi connectivity index (χ0) is 23.0. The van der Waals surface area contributed by atoms with Gasteiger partial charge in [-0.3, -0.25) is 9.59 Å². The second-order valence-corrected chi connectivity index (χ2v) is 11.1. The minimum absolute atomic E-state index is 0.0292. The van der Waals surface area contributed by atoms with Crippen molar-refractivity contribution in [3.63, 3.8) is 0 Å². The quantitative estimate of drug-likeness (QED) is 0.373. The molecule has 1 aromatic heterocycles. The average Bonchev–Trinajstić information content (AvgIpc) is 2.73. The third kappa shape index (κ3) is 4.91. The number of rotatable bonds is 3. The number of nitrogens with zero attached hydrogens (tertiary/aromatic N) is 2. The summed E-state index contributed by atoms with van der Waals surface area (Å²) in [5, 5.41) is 6.18. The van der Waals surface area contributed by atoms with Gasteiger partial charge in [-0.15, -0.1) is 0 Å². The summed E-state index contributed by atoms with van der Waals surface area (Å²) in [5.74, 6) is 0.108. The van der Waals surface area contributed by atoms with Crippen molar-refractivity contribution < 1.29 is 4.79 Å². The number of carbonyl (C=O) groups is 1. The number of nitrogens with one attached hydrogen (secondary N) is 2. The zero-order valence-corrected chi connectivity index (χ0v) is 20.4. The molecule has 3 heterocycles. The third-order valence-electron chi connectivity index (χ3n) is 6.03. The van der Waals surface area contributed by atoms with Crippen LogP contribution in [0, 0.1) is 12.8 Å². The molecule has 6 nitrogen and oxygen atoms in total. The molecule has 32 heavy (non-hydrogen) atoms. The predicted octanol–water partition coefficient (Wildman–Crippen LogP) is 3.58. The average molecular weight is 514 g/mol. The SMILES string of the molecule is Cc1ccccc1C(=O)N[C@H](NC(=S)N1C[C@H]2C[C@@H](C1)c1cccc(=O)n1C2)C(Cl)(Cl)Cl. The van der Waals surface area contributed by atoms with Crippen LogP contribution in [0.3, 0.4) is 0 Å². The van der Waals surface area contributed by atoms with Gasteiger partial charge in [0, 0.05) is 42.9 Å². The van der Waals surface area contributed by atoms with Crippen molar-refractivity contribution in [1.29, 1.82) is 0 Å². The van der Waals surface area contributed by atoms with E-state index in [1.165, 1.54) is 0 Å². The summed E-state index contributed by atoms with van der Waals surface area (Å²) in [4.78, 5) is 27.1. The van der Waals surface area contributed by atoms with Crippen LogP contribution in [0.15, 0.2) is 47.3 Å². The summed E-state index contributed by atoms with van der Waals surface area (Å²) in [6.07, 6.45) is -0.0238. The van der Waals surface area contributed by atoms with E-state index in [1.807, 2.05) is 34.6 Å². The lowest BCUT2D eigenvalue weighted by Crippen LogP contribution is -2.60. The van der Waals surface area contributed by atoms with E-state index in [9.17, 15) is 9.59 Å². The first-order valence-electron chi connectivity index (χ1n) is 10.3. The number of fused-ring (bicyclic) bond motifs is 4. The van der Waals surface area contributed by atoms with Gasteiger partial charge in [0.2, 0.25) is 3.79 Å². The maximum atomic E-state index is 12.8. The number of pyridine rings is 1. The number of piperidine rings is 1. The first kappa shape index (κ1) is 23.4. The fourth-order valence-corrected chi connectivity index (χ4v) is 5.11. The number of aryl methyl sites for hydroxylation is 1. The van der Waals surface area contributed by atoms with Gasteiger partial charge in [0.05, 0.1) is 0 Å². The molecule has 1 aromatic carbocycles. The van der Waals surface area contributed by atoms with Gasteiger partial charge in [-0.25, -0.2) is 0 Å². The van der Waals surface area contributed by atoms with Crippen LogP contribution in [-0.2, 0) is 6.54 Å². The summed E-state index contributed by atoms with van der Waals surface area (Å²) in [6.45, 7) is 3.82. The van der Waals surface area contributed by atoms with Crippen molar-refractivity contribution in [2.24, 2.45) is 5.92 Å². The number of alkyl halides is 3. The van der Waals surface area contributed by atoms with Gasteiger partial charge in [0.25, 0.3) is 11.5 Å². The Morgan fingerprint density at radius 2 is 1.84 bits per heavy atom. The predicted molar refractivity (Wildman–Crippen MR) is 132 cm³/mol. The minimum Gasteiger partial charge on any atom is -0.348 e. The lowest BCUT2D eigenvalue weighted by molar-refractivity contribution is 0.0932. The van der Waals surface area contributed by atoms with E-state index < -0.39 is 9.96 Å². The van der Waals surface area contributed by atoms with Crippen molar-refractivity contribution in [3.8, 4) is 0 Å². The molecule has 10 heteroatoms. The molecule has 2 aliphatic rings. The topological polar surface area (TPSA) is 66.4 Å². The number of halogens is 3. The molecule has 0 unspecified atom stereocenters. The molecule has 1 amide bonds. The molecule has 2 aliphatic heterocycles. The van der Waals surface area contributed by atoms with Gasteiger partial charge in [0.1, 0.15) is 6.17 Å². The summed E-state index contributed by atoms with van der Waals surface area (Å²) in [6, 6.07) is 12.6. The van der Waals surface area contributed by atoms with Crippen LogP contribution >= 0.6 is 47.0 Å². The van der Waals surface area contributed by atoms with Crippen LogP contribution in [0.1, 0.15) is 34.0 Å². The largest absolute Gasteiger partial charge is 0.348 e. The van der Waals surface area contributed by atoms with E-state index in [0.29, 0.717) is 30.3 Å². The maximum absolute atomic E-state index is 12.8. The number of likely N-dealkylation sites (tertiary alicyclic amines) is 1. The lowest BCUT2D eigenvalue weighted by atomic mass is 9.83. The van der Waals surface area contributed by atoms with Crippen LogP contribution in [0.2, 0.25) is 0 Å². The molecule has 0 radical (unpaired) electrons. The smallest absolute Gasteiger partial charge is 0.253 e. The summed E-state index contributed by atoms with van der Waals surface area (Å²) < 4.78 is 0.0349. The first-order chi connectivity index (χ1) is 15.1. The number of carbonyl (C=O) groups excluding carboxylic acids is 1. The van der Waals surface area contributed by atoms with E-state index >= 15 is 0 Å². The zero-order valence-electron chi connectivity index (χ0n) is 17.4. The number of benzene rings is 1. The summed E-state index contributed by atoms with van der Waals surface area (Å²) in [7, 11) is 0. The molecule has 4 rings (SSSR count). The van der Waals surface area contributed by atoms with Crippen LogP contribution in [0.5, 0.6) is 0 Å². The monoisotopic (exact) mass is 512 g/mol. The highest BCUT2D eigenvalue weighted by Crippen LogP contribution is 2.35. The van der Waals surface area contributed by atoms with Crippen molar-refractivity contribution in [2.75, 3.05) is 13.1 Å². The Balaban J connectivity index is 1.48. The van der Waals surface area contributed by atoms with Crippen molar-refractivity contribution in [3.05, 3.63) is 69.6 Å². The van der Waals surface area contributed by atoms with Gasteiger partial charge in [-0.2, -0.15) is 0 Å². The van der Waals surface area contributed by atoms with E-state index in [0.717, 1.165) is 17.7 Å². The Bertz CT molecular complexity index is 1100. The summed E-state index contributed by atoms with van der Waals surface area (Å²) in [5.41, 5.74) is 2.36. The standard InChI is InChI=1S/C22H23Cl3N4O2S/c1-13-5-2-3-6-16(13)19(31)26-20(22(23,24)25)27-21(32)28-10-14-9-15(12-28)17-7-4-8-18(30)29(17)11-14/h2-8,14-15,20H,9-12H2,1H3,(H,26,31)(H,27,32)/t14-,15+,20-/m1/s1. The highest BCUT2D eigenvalue weighted by atomic mass is 35.6. The van der Waals surface area contributed by atoms with Gasteiger partial charge < -0.3 is 20.1 Å². The van der Waals surface area contributed by atoms with Gasteiger partial charge in [-0.05, 0) is 49.2 Å². The van der Waals surface area contributed by atoms with E-state index in [1.54, 1.807) is 24.3 Å². The van der Waals surface area contributed by atoms with Crippen LogP contribution in [-0.4, -0.2) is 43.5 Å². The third-order valence-corrected chi connectivity index (χ3v) is 7.06. The second-order valence-electron chi connectivity index (χ2n) is 8.32. The number of hydrogen-bond donors (Lipinski definition) is 2. The lowest BCUT2D eigenvalue weighted by Gasteiger charge is -2.44. The number of aromatic nitrogens is 1. The number of thiocarbonyl (C=S) groups is 1. The van der Waals surface area contributed by atoms with Crippen molar-refractivity contribution in [2.45, 2.75) is 35.8 Å². The highest BCUT2D eigenvalue weighted by molar-refractivity contribution is 7.80. The van der Waals surface area contributed by atoms with Gasteiger partial charge in [-0.1, -0.05) is 59.1 Å².